The zero-order valence-electron chi connectivity index (χ0n) is 6.67. The van der Waals surface area contributed by atoms with Crippen LogP contribution in [0.1, 0.15) is 0 Å². The van der Waals surface area contributed by atoms with Crippen LogP contribution in [-0.2, 0) is 26.1 Å². The number of hydrogen-bond acceptors (Lipinski definition) is 6. The Hall–Kier alpha value is -0.646. The second-order valence-corrected chi connectivity index (χ2v) is 2.18. The van der Waals surface area contributed by atoms with Crippen LogP contribution in [0, 0.1) is 0 Å². The minimum Gasteiger partial charge on any atom is -0.549 e. The van der Waals surface area contributed by atoms with Crippen molar-refractivity contribution < 1.29 is 41.4 Å². The first-order chi connectivity index (χ1) is 5.56. The fourth-order valence-electron chi connectivity index (χ4n) is 0.721. The minimum absolute atomic E-state index is 0. The summed E-state index contributed by atoms with van der Waals surface area (Å²) in [6.45, 7) is -1.37. The fraction of sp³-hybridized carbons (Fsp3) is 0.667. The molecule has 0 amide bonds. The summed E-state index contributed by atoms with van der Waals surface area (Å²) in [6.07, 6.45) is 0. The van der Waals surface area contributed by atoms with Gasteiger partial charge >= 0.3 is 16.5 Å². The van der Waals surface area contributed by atoms with Gasteiger partial charge in [-0.15, -0.1) is 0 Å². The van der Waals surface area contributed by atoms with E-state index in [4.69, 9.17) is 5.11 Å². The Bertz CT molecular complexity index is 158. The molecule has 1 N–H and O–H groups in total. The molecule has 7 heteroatoms. The van der Waals surface area contributed by atoms with Gasteiger partial charge in [0.1, 0.15) is 0 Å². The van der Waals surface area contributed by atoms with Crippen molar-refractivity contribution >= 4 is 11.9 Å². The Kier molecular flexibility index (Phi) is 9.11. The number of aliphatic hydroxyl groups excluding tert-OH is 1. The van der Waals surface area contributed by atoms with E-state index < -0.39 is 25.0 Å². The Morgan fingerprint density at radius 3 is 1.77 bits per heavy atom. The predicted octanol–water partition coefficient (Wildman–Crippen LogP) is -4.22. The van der Waals surface area contributed by atoms with Crippen LogP contribution in [0.3, 0.4) is 0 Å². The molecule has 0 atom stereocenters. The third-order valence-electron chi connectivity index (χ3n) is 1.12. The van der Waals surface area contributed by atoms with E-state index in [0.29, 0.717) is 0 Å². The van der Waals surface area contributed by atoms with Crippen molar-refractivity contribution in [3.05, 3.63) is 0 Å². The maximum atomic E-state index is 10.0. The molecule has 0 radical (unpaired) electrons. The zero-order chi connectivity index (χ0) is 9.56. The van der Waals surface area contributed by atoms with Crippen molar-refractivity contribution in [2.24, 2.45) is 0 Å². The summed E-state index contributed by atoms with van der Waals surface area (Å²) >= 11 is 0. The average molecular weight is 234 g/mol. The summed E-state index contributed by atoms with van der Waals surface area (Å²) in [5.74, 6) is -2.77. The van der Waals surface area contributed by atoms with Gasteiger partial charge in [0.15, 0.2) is 0 Å². The van der Waals surface area contributed by atoms with Gasteiger partial charge in [-0.2, -0.15) is 0 Å². The molecule has 0 unspecified atom stereocenters. The molecule has 0 spiro atoms. The standard InChI is InChI=1S/C6H11NO5.Ni/c8-2-1-7(3-5(9)10)4-6(11)12;/h8H,1-4H2,(H,9,10)(H,11,12);/q;+2/p-2. The van der Waals surface area contributed by atoms with Gasteiger partial charge in [0.25, 0.3) is 0 Å². The molecule has 0 rings (SSSR count). The van der Waals surface area contributed by atoms with Crippen LogP contribution in [-0.4, -0.2) is 48.2 Å². The van der Waals surface area contributed by atoms with E-state index in [-0.39, 0.29) is 29.6 Å². The predicted molar refractivity (Wildman–Crippen MR) is 33.5 cm³/mol. The van der Waals surface area contributed by atoms with Gasteiger partial charge in [0.05, 0.1) is 18.5 Å². The molecule has 0 aromatic carbocycles. The Morgan fingerprint density at radius 1 is 1.15 bits per heavy atom. The quantitative estimate of drug-likeness (QED) is 0.467. The molecule has 0 aromatic heterocycles. The zero-order valence-corrected chi connectivity index (χ0v) is 7.66. The van der Waals surface area contributed by atoms with Gasteiger partial charge in [-0.05, 0) is 0 Å². The van der Waals surface area contributed by atoms with Crippen molar-refractivity contribution in [2.75, 3.05) is 26.2 Å². The summed E-state index contributed by atoms with van der Waals surface area (Å²) in [4.78, 5) is 21.0. The van der Waals surface area contributed by atoms with Gasteiger partial charge in [-0.25, -0.2) is 0 Å². The minimum atomic E-state index is -1.38. The maximum Gasteiger partial charge on any atom is 2.00 e. The van der Waals surface area contributed by atoms with Crippen molar-refractivity contribution in [1.29, 1.82) is 0 Å². The Morgan fingerprint density at radius 2 is 1.54 bits per heavy atom. The van der Waals surface area contributed by atoms with E-state index in [1.807, 2.05) is 0 Å². The average Bonchev–Trinajstić information content (AvgIpc) is 1.84. The van der Waals surface area contributed by atoms with E-state index in [2.05, 4.69) is 0 Å². The molecular weight excluding hydrogens is 225 g/mol. The van der Waals surface area contributed by atoms with E-state index in [0.717, 1.165) is 4.90 Å². The molecule has 0 bridgehead atoms. The van der Waals surface area contributed by atoms with Gasteiger partial charge in [0, 0.05) is 19.6 Å². The van der Waals surface area contributed by atoms with Gasteiger partial charge < -0.3 is 24.9 Å². The first-order valence-electron chi connectivity index (χ1n) is 3.29. The number of carbonyl (C=O) groups is 2. The van der Waals surface area contributed by atoms with Crippen molar-refractivity contribution in [1.82, 2.24) is 4.90 Å². The molecule has 0 aliphatic heterocycles. The van der Waals surface area contributed by atoms with Crippen LogP contribution in [0.25, 0.3) is 0 Å². The molecule has 6 nitrogen and oxygen atoms in total. The number of hydrogen-bond donors (Lipinski definition) is 1. The normalized spacial score (nSPS) is 9.38. The summed E-state index contributed by atoms with van der Waals surface area (Å²) in [6, 6.07) is 0. The van der Waals surface area contributed by atoms with Crippen molar-refractivity contribution in [3.8, 4) is 0 Å². The van der Waals surface area contributed by atoms with E-state index in [1.54, 1.807) is 0 Å². The summed E-state index contributed by atoms with van der Waals surface area (Å²) in [5, 5.41) is 28.4. The number of carboxylic acids is 2. The monoisotopic (exact) mass is 233 g/mol. The second-order valence-electron chi connectivity index (χ2n) is 2.18. The number of aliphatic hydroxyl groups is 1. The molecular formula is C6H9NNiO5. The first kappa shape index (κ1) is 14.9. The number of rotatable bonds is 6. The van der Waals surface area contributed by atoms with E-state index in [1.165, 1.54) is 0 Å². The molecule has 0 aliphatic carbocycles. The third-order valence-corrected chi connectivity index (χ3v) is 1.12. The molecule has 0 saturated heterocycles. The molecule has 0 aliphatic rings. The Balaban J connectivity index is 0. The Labute approximate surface area is 85.1 Å². The molecule has 0 saturated carbocycles. The summed E-state index contributed by atoms with van der Waals surface area (Å²) in [7, 11) is 0. The maximum absolute atomic E-state index is 10.0. The summed E-state index contributed by atoms with van der Waals surface area (Å²) in [5.41, 5.74) is 0. The van der Waals surface area contributed by atoms with Gasteiger partial charge in [-0.3, -0.25) is 4.90 Å². The van der Waals surface area contributed by atoms with E-state index in [9.17, 15) is 19.8 Å². The third kappa shape index (κ3) is 9.27. The van der Waals surface area contributed by atoms with Crippen LogP contribution < -0.4 is 10.2 Å². The SMILES string of the molecule is O=C([O-])CN(CCO)CC(=O)[O-].[Ni+2]. The van der Waals surface area contributed by atoms with Crippen LogP contribution in [0.5, 0.6) is 0 Å². The number of carboxylic acid groups (broad SMARTS) is 2. The number of carbonyl (C=O) groups excluding carboxylic acids is 2. The number of nitrogens with zero attached hydrogens (tertiary/aromatic N) is 1. The molecule has 0 fully saturated rings. The van der Waals surface area contributed by atoms with Gasteiger partial charge in [-0.1, -0.05) is 0 Å². The molecule has 78 valence electrons. The van der Waals surface area contributed by atoms with Crippen LogP contribution >= 0.6 is 0 Å². The largest absolute Gasteiger partial charge is 2.00 e. The van der Waals surface area contributed by atoms with Crippen molar-refractivity contribution in [3.63, 3.8) is 0 Å². The summed E-state index contributed by atoms with van der Waals surface area (Å²) < 4.78 is 0. The molecule has 0 aromatic rings. The number of aliphatic carboxylic acids is 2. The van der Waals surface area contributed by atoms with Gasteiger partial charge in [0.2, 0.25) is 0 Å². The first-order valence-corrected chi connectivity index (χ1v) is 3.29. The molecule has 13 heavy (non-hydrogen) atoms. The second kappa shape index (κ2) is 7.97. The smallest absolute Gasteiger partial charge is 0.549 e. The van der Waals surface area contributed by atoms with E-state index >= 15 is 0 Å². The van der Waals surface area contributed by atoms with Crippen molar-refractivity contribution in [2.45, 2.75) is 0 Å². The molecule has 0 heterocycles. The van der Waals surface area contributed by atoms with Crippen LogP contribution in [0.15, 0.2) is 0 Å². The topological polar surface area (TPSA) is 104 Å². The van der Waals surface area contributed by atoms with Crippen LogP contribution in [0.4, 0.5) is 0 Å². The van der Waals surface area contributed by atoms with Crippen LogP contribution in [0.2, 0.25) is 0 Å². The fourth-order valence-corrected chi connectivity index (χ4v) is 0.721.